The van der Waals surface area contributed by atoms with E-state index in [1.165, 1.54) is 225 Å². The maximum atomic E-state index is 12.4. The molecule has 0 aromatic heterocycles. The van der Waals surface area contributed by atoms with Crippen LogP contribution in [0.25, 0.3) is 0 Å². The van der Waals surface area contributed by atoms with Gasteiger partial charge in [0, 0.05) is 6.42 Å². The Morgan fingerprint density at radius 3 is 0.882 bits per heavy atom. The maximum Gasteiger partial charge on any atom is 0.220 e. The van der Waals surface area contributed by atoms with Crippen molar-refractivity contribution in [1.29, 1.82) is 0 Å². The van der Waals surface area contributed by atoms with Crippen molar-refractivity contribution >= 4 is 5.91 Å². The second-order valence-electron chi connectivity index (χ2n) is 16.5. The molecule has 0 aromatic carbocycles. The van der Waals surface area contributed by atoms with E-state index in [2.05, 4.69) is 19.2 Å². The van der Waals surface area contributed by atoms with Gasteiger partial charge in [-0.2, -0.15) is 0 Å². The molecule has 0 aliphatic rings. The van der Waals surface area contributed by atoms with Crippen LogP contribution in [0.5, 0.6) is 0 Å². The molecular weight excluding hydrogens is 627 g/mol. The van der Waals surface area contributed by atoms with Gasteiger partial charge in [-0.1, -0.05) is 258 Å². The first-order valence-electron chi connectivity index (χ1n) is 23.7. The number of carbonyl (C=O) groups is 1. The van der Waals surface area contributed by atoms with E-state index in [1.54, 1.807) is 0 Å². The number of rotatable bonds is 44. The van der Waals surface area contributed by atoms with E-state index < -0.39 is 12.1 Å². The Balaban J connectivity index is 3.33. The molecule has 3 N–H and O–H groups in total. The molecule has 0 saturated carbocycles. The van der Waals surface area contributed by atoms with Crippen LogP contribution in [0.15, 0.2) is 0 Å². The van der Waals surface area contributed by atoms with Gasteiger partial charge in [-0.3, -0.25) is 4.79 Å². The van der Waals surface area contributed by atoms with Crippen molar-refractivity contribution in [2.45, 2.75) is 289 Å². The highest BCUT2D eigenvalue weighted by atomic mass is 16.3. The first-order valence-corrected chi connectivity index (χ1v) is 23.7. The van der Waals surface area contributed by atoms with E-state index in [0.29, 0.717) is 12.8 Å². The number of amides is 1. The number of carbonyl (C=O) groups excluding carboxylic acids is 1. The van der Waals surface area contributed by atoms with E-state index in [0.717, 1.165) is 25.7 Å². The molecule has 0 aliphatic heterocycles. The highest BCUT2D eigenvalue weighted by Gasteiger charge is 2.20. The Morgan fingerprint density at radius 1 is 0.392 bits per heavy atom. The maximum absolute atomic E-state index is 12.4. The lowest BCUT2D eigenvalue weighted by Crippen LogP contribution is -2.45. The van der Waals surface area contributed by atoms with Gasteiger partial charge in [0.15, 0.2) is 0 Å². The topological polar surface area (TPSA) is 69.6 Å². The molecule has 0 spiro atoms. The fourth-order valence-electron chi connectivity index (χ4n) is 7.72. The van der Waals surface area contributed by atoms with Gasteiger partial charge in [-0.05, 0) is 12.8 Å². The molecule has 51 heavy (non-hydrogen) atoms. The van der Waals surface area contributed by atoms with E-state index in [4.69, 9.17) is 0 Å². The van der Waals surface area contributed by atoms with Gasteiger partial charge >= 0.3 is 0 Å². The number of hydrogen-bond donors (Lipinski definition) is 3. The number of unbranched alkanes of at least 4 members (excludes halogenated alkanes) is 37. The van der Waals surface area contributed by atoms with Crippen molar-refractivity contribution in [3.63, 3.8) is 0 Å². The first kappa shape index (κ1) is 50.4. The van der Waals surface area contributed by atoms with Gasteiger partial charge in [0.1, 0.15) is 0 Å². The van der Waals surface area contributed by atoms with Gasteiger partial charge in [0.05, 0.1) is 18.8 Å². The van der Waals surface area contributed by atoms with Gasteiger partial charge in [-0.15, -0.1) is 0 Å². The van der Waals surface area contributed by atoms with Crippen LogP contribution in [0.2, 0.25) is 0 Å². The second kappa shape index (κ2) is 43.8. The Hall–Kier alpha value is -0.610. The minimum atomic E-state index is -0.651. The van der Waals surface area contributed by atoms with Crippen molar-refractivity contribution in [3.05, 3.63) is 0 Å². The third-order valence-electron chi connectivity index (χ3n) is 11.4. The lowest BCUT2D eigenvalue weighted by molar-refractivity contribution is -0.123. The molecule has 2 atom stereocenters. The first-order chi connectivity index (χ1) is 25.2. The van der Waals surface area contributed by atoms with Crippen LogP contribution in [0.4, 0.5) is 0 Å². The number of aliphatic hydroxyl groups is 2. The van der Waals surface area contributed by atoms with Crippen molar-refractivity contribution in [2.75, 3.05) is 6.61 Å². The van der Waals surface area contributed by atoms with Crippen molar-refractivity contribution in [2.24, 2.45) is 0 Å². The van der Waals surface area contributed by atoms with Gasteiger partial charge in [0.2, 0.25) is 5.91 Å². The molecule has 0 bridgehead atoms. The zero-order valence-electron chi connectivity index (χ0n) is 35.2. The normalized spacial score (nSPS) is 12.8. The average Bonchev–Trinajstić information content (AvgIpc) is 3.13. The quantitative estimate of drug-likeness (QED) is 0.0549. The van der Waals surface area contributed by atoms with E-state index >= 15 is 0 Å². The minimum absolute atomic E-state index is 0.0274. The summed E-state index contributed by atoms with van der Waals surface area (Å²) in [5.41, 5.74) is 0. The summed E-state index contributed by atoms with van der Waals surface area (Å²) in [6, 6.07) is -0.528. The highest BCUT2D eigenvalue weighted by molar-refractivity contribution is 5.76. The fraction of sp³-hybridized carbons (Fsp3) is 0.979. The van der Waals surface area contributed by atoms with Crippen LogP contribution in [0.3, 0.4) is 0 Å². The third kappa shape index (κ3) is 40.4. The van der Waals surface area contributed by atoms with E-state index in [1.807, 2.05) is 0 Å². The Kier molecular flexibility index (Phi) is 43.3. The molecular formula is C47H95NO3. The van der Waals surface area contributed by atoms with Crippen molar-refractivity contribution in [1.82, 2.24) is 5.32 Å². The third-order valence-corrected chi connectivity index (χ3v) is 11.4. The summed E-state index contributed by atoms with van der Waals surface area (Å²) >= 11 is 0. The summed E-state index contributed by atoms with van der Waals surface area (Å²) in [4.78, 5) is 12.4. The van der Waals surface area contributed by atoms with E-state index in [-0.39, 0.29) is 12.5 Å². The molecule has 2 unspecified atom stereocenters. The lowest BCUT2D eigenvalue weighted by Gasteiger charge is -2.22. The molecule has 0 fully saturated rings. The van der Waals surface area contributed by atoms with Crippen LogP contribution >= 0.6 is 0 Å². The Bertz CT molecular complexity index is 655. The van der Waals surface area contributed by atoms with Gasteiger partial charge in [-0.25, -0.2) is 0 Å². The van der Waals surface area contributed by atoms with Crippen LogP contribution in [-0.4, -0.2) is 34.9 Å². The van der Waals surface area contributed by atoms with Crippen molar-refractivity contribution < 1.29 is 15.0 Å². The van der Waals surface area contributed by atoms with Gasteiger partial charge < -0.3 is 15.5 Å². The van der Waals surface area contributed by atoms with E-state index in [9.17, 15) is 15.0 Å². The summed E-state index contributed by atoms with van der Waals surface area (Å²) in [7, 11) is 0. The van der Waals surface area contributed by atoms with Gasteiger partial charge in [0.25, 0.3) is 0 Å². The summed E-state index contributed by atoms with van der Waals surface area (Å²) in [6.07, 6.45) is 53.6. The SMILES string of the molecule is CCCCCCCCCCCCCCCCCCCCCCCCCCCCCCCCC(=O)NC(CO)C(O)CCCCCCCCCCC. The molecule has 4 nitrogen and oxygen atoms in total. The number of hydrogen-bond acceptors (Lipinski definition) is 3. The summed E-state index contributed by atoms with van der Waals surface area (Å²) in [5.74, 6) is -0.0274. The monoisotopic (exact) mass is 722 g/mol. The van der Waals surface area contributed by atoms with Crippen LogP contribution < -0.4 is 5.32 Å². The number of nitrogens with one attached hydrogen (secondary N) is 1. The van der Waals surface area contributed by atoms with Crippen molar-refractivity contribution in [3.8, 4) is 0 Å². The molecule has 0 saturated heterocycles. The molecule has 306 valence electrons. The van der Waals surface area contributed by atoms with Crippen LogP contribution in [0.1, 0.15) is 277 Å². The molecule has 0 rings (SSSR count). The highest BCUT2D eigenvalue weighted by Crippen LogP contribution is 2.17. The predicted octanol–water partition coefficient (Wildman–Crippen LogP) is 14.9. The Morgan fingerprint density at radius 2 is 0.627 bits per heavy atom. The molecule has 4 heteroatoms. The largest absolute Gasteiger partial charge is 0.394 e. The zero-order valence-corrected chi connectivity index (χ0v) is 35.2. The Labute approximate surface area is 321 Å². The lowest BCUT2D eigenvalue weighted by atomic mass is 10.0. The van der Waals surface area contributed by atoms with Crippen LogP contribution in [-0.2, 0) is 4.79 Å². The zero-order chi connectivity index (χ0) is 37.1. The average molecular weight is 722 g/mol. The predicted molar refractivity (Wildman–Crippen MR) is 226 cm³/mol. The van der Waals surface area contributed by atoms with Crippen LogP contribution in [0, 0.1) is 0 Å². The smallest absolute Gasteiger partial charge is 0.220 e. The molecule has 0 radical (unpaired) electrons. The summed E-state index contributed by atoms with van der Waals surface area (Å²) in [5, 5.41) is 23.0. The molecule has 0 aliphatic carbocycles. The molecule has 0 aromatic rings. The number of aliphatic hydroxyl groups excluding tert-OH is 2. The summed E-state index contributed by atoms with van der Waals surface area (Å²) in [6.45, 7) is 4.36. The fourth-order valence-corrected chi connectivity index (χ4v) is 7.72. The second-order valence-corrected chi connectivity index (χ2v) is 16.5. The minimum Gasteiger partial charge on any atom is -0.394 e. The standard InChI is InChI=1S/C47H95NO3/c1-3-5-7-9-11-13-14-15-16-17-18-19-20-21-22-23-24-25-26-27-28-29-30-31-32-33-35-37-39-41-43-47(51)48-45(44-49)46(50)42-40-38-36-34-12-10-8-6-4-2/h45-46,49-50H,3-44H2,1-2H3,(H,48,51). The molecule has 1 amide bonds. The molecule has 0 heterocycles. The summed E-state index contributed by atoms with van der Waals surface area (Å²) < 4.78 is 0.